The molecule has 0 aliphatic carbocycles. The maximum Gasteiger partial charge on any atom is 0.258 e. The van der Waals surface area contributed by atoms with Gasteiger partial charge in [-0.3, -0.25) is 10.1 Å². The molecule has 0 saturated heterocycles. The number of anilines is 1. The Balaban J connectivity index is 1.51. The standard InChI is InChI=1S/C21H13BrClN3O2S/c22-15-7-3-1-5-13(15)20-25-17-11-12(9-10-18(17)28-20)24-21(29)26-19(27)14-6-2-4-8-16(14)23/h1-11H,(H2,24,26,27,29). The van der Waals surface area contributed by atoms with Crippen LogP contribution in [0.25, 0.3) is 22.6 Å². The van der Waals surface area contributed by atoms with Gasteiger partial charge in [0.05, 0.1) is 16.1 Å². The Morgan fingerprint density at radius 1 is 1.07 bits per heavy atom. The summed E-state index contributed by atoms with van der Waals surface area (Å²) < 4.78 is 6.74. The maximum atomic E-state index is 12.3. The molecule has 3 aromatic carbocycles. The van der Waals surface area contributed by atoms with E-state index in [-0.39, 0.29) is 11.0 Å². The highest BCUT2D eigenvalue weighted by Crippen LogP contribution is 2.30. The highest BCUT2D eigenvalue weighted by atomic mass is 79.9. The summed E-state index contributed by atoms with van der Waals surface area (Å²) in [6.07, 6.45) is 0. The second-order valence-corrected chi connectivity index (χ2v) is 7.74. The highest BCUT2D eigenvalue weighted by molar-refractivity contribution is 9.10. The van der Waals surface area contributed by atoms with Gasteiger partial charge in [-0.25, -0.2) is 4.98 Å². The Labute approximate surface area is 185 Å². The number of hydrogen-bond donors (Lipinski definition) is 2. The first kappa shape index (κ1) is 19.6. The van der Waals surface area contributed by atoms with Crippen molar-refractivity contribution < 1.29 is 9.21 Å². The zero-order chi connectivity index (χ0) is 20.4. The third kappa shape index (κ3) is 4.32. The number of hydrogen-bond acceptors (Lipinski definition) is 4. The number of rotatable bonds is 3. The van der Waals surface area contributed by atoms with E-state index in [2.05, 4.69) is 31.5 Å². The molecular weight excluding hydrogens is 474 g/mol. The van der Waals surface area contributed by atoms with Crippen LogP contribution in [-0.4, -0.2) is 16.0 Å². The number of carbonyl (C=O) groups is 1. The largest absolute Gasteiger partial charge is 0.436 e. The van der Waals surface area contributed by atoms with Crippen LogP contribution in [0.4, 0.5) is 5.69 Å². The first-order valence-electron chi connectivity index (χ1n) is 8.53. The number of nitrogens with zero attached hydrogens (tertiary/aromatic N) is 1. The number of oxazole rings is 1. The summed E-state index contributed by atoms with van der Waals surface area (Å²) in [6, 6.07) is 19.9. The molecule has 0 fully saturated rings. The Morgan fingerprint density at radius 2 is 1.83 bits per heavy atom. The summed E-state index contributed by atoms with van der Waals surface area (Å²) in [5, 5.41) is 6.11. The molecule has 0 atom stereocenters. The summed E-state index contributed by atoms with van der Waals surface area (Å²) in [7, 11) is 0. The van der Waals surface area contributed by atoms with Gasteiger partial charge in [0.1, 0.15) is 5.52 Å². The van der Waals surface area contributed by atoms with Crippen LogP contribution >= 0.6 is 39.7 Å². The summed E-state index contributed by atoms with van der Waals surface area (Å²) in [6.45, 7) is 0. The number of amides is 1. The predicted molar refractivity (Wildman–Crippen MR) is 122 cm³/mol. The molecule has 4 rings (SSSR count). The molecule has 1 heterocycles. The number of aromatic nitrogens is 1. The lowest BCUT2D eigenvalue weighted by Gasteiger charge is -2.10. The van der Waals surface area contributed by atoms with Crippen molar-refractivity contribution in [1.82, 2.24) is 10.3 Å². The van der Waals surface area contributed by atoms with Gasteiger partial charge >= 0.3 is 0 Å². The molecule has 0 bridgehead atoms. The van der Waals surface area contributed by atoms with Crippen molar-refractivity contribution in [3.05, 3.63) is 81.8 Å². The van der Waals surface area contributed by atoms with Crippen LogP contribution in [0.15, 0.2) is 75.6 Å². The van der Waals surface area contributed by atoms with E-state index in [1.165, 1.54) is 0 Å². The van der Waals surface area contributed by atoms with Gasteiger partial charge in [-0.15, -0.1) is 0 Å². The molecule has 144 valence electrons. The zero-order valence-electron chi connectivity index (χ0n) is 14.8. The van der Waals surface area contributed by atoms with Gasteiger partial charge in [-0.1, -0.05) is 35.9 Å². The van der Waals surface area contributed by atoms with Crippen LogP contribution < -0.4 is 10.6 Å². The van der Waals surface area contributed by atoms with Crippen molar-refractivity contribution in [1.29, 1.82) is 0 Å². The molecule has 8 heteroatoms. The lowest BCUT2D eigenvalue weighted by atomic mass is 10.2. The van der Waals surface area contributed by atoms with Crippen LogP contribution in [0.2, 0.25) is 5.02 Å². The van der Waals surface area contributed by atoms with Gasteiger partial charge in [0.15, 0.2) is 10.7 Å². The number of thiocarbonyl (C=S) groups is 1. The molecule has 5 nitrogen and oxygen atoms in total. The molecule has 2 N–H and O–H groups in total. The maximum absolute atomic E-state index is 12.3. The van der Waals surface area contributed by atoms with E-state index in [1.54, 1.807) is 42.5 Å². The van der Waals surface area contributed by atoms with Gasteiger partial charge in [0, 0.05) is 10.2 Å². The Morgan fingerprint density at radius 3 is 2.62 bits per heavy atom. The first-order chi connectivity index (χ1) is 14.0. The lowest BCUT2D eigenvalue weighted by molar-refractivity contribution is 0.0978. The van der Waals surface area contributed by atoms with E-state index in [9.17, 15) is 4.79 Å². The van der Waals surface area contributed by atoms with Crippen LogP contribution in [-0.2, 0) is 0 Å². The molecule has 0 aliphatic heterocycles. The van der Waals surface area contributed by atoms with Crippen molar-refractivity contribution in [2.24, 2.45) is 0 Å². The van der Waals surface area contributed by atoms with E-state index in [0.717, 1.165) is 10.0 Å². The smallest absolute Gasteiger partial charge is 0.258 e. The normalized spacial score (nSPS) is 10.7. The summed E-state index contributed by atoms with van der Waals surface area (Å²) >= 11 is 14.8. The number of carbonyl (C=O) groups excluding carboxylic acids is 1. The van der Waals surface area contributed by atoms with E-state index in [4.69, 9.17) is 28.2 Å². The molecule has 0 spiro atoms. The first-order valence-corrected chi connectivity index (χ1v) is 10.1. The van der Waals surface area contributed by atoms with Crippen molar-refractivity contribution in [3.8, 4) is 11.5 Å². The predicted octanol–water partition coefficient (Wildman–Crippen LogP) is 6.04. The highest BCUT2D eigenvalue weighted by Gasteiger charge is 2.13. The zero-order valence-corrected chi connectivity index (χ0v) is 17.9. The van der Waals surface area contributed by atoms with Crippen molar-refractivity contribution in [3.63, 3.8) is 0 Å². The molecule has 29 heavy (non-hydrogen) atoms. The second-order valence-electron chi connectivity index (χ2n) is 6.07. The Kier molecular flexibility index (Phi) is 5.62. The minimum absolute atomic E-state index is 0.156. The average molecular weight is 487 g/mol. The van der Waals surface area contributed by atoms with Crippen molar-refractivity contribution in [2.45, 2.75) is 0 Å². The van der Waals surface area contributed by atoms with E-state index in [0.29, 0.717) is 33.3 Å². The molecule has 0 saturated carbocycles. The summed E-state index contributed by atoms with van der Waals surface area (Å²) in [4.78, 5) is 16.9. The quantitative estimate of drug-likeness (QED) is 0.346. The van der Waals surface area contributed by atoms with Gasteiger partial charge in [0.25, 0.3) is 5.91 Å². The second kappa shape index (κ2) is 8.32. The third-order valence-corrected chi connectivity index (χ3v) is 5.32. The number of nitrogens with one attached hydrogen (secondary N) is 2. The van der Waals surface area contributed by atoms with E-state index < -0.39 is 0 Å². The van der Waals surface area contributed by atoms with Crippen molar-refractivity contribution >= 4 is 67.6 Å². The molecule has 1 aromatic heterocycles. The van der Waals surface area contributed by atoms with E-state index in [1.807, 2.05) is 24.3 Å². The molecule has 0 aliphatic rings. The Hall–Kier alpha value is -2.74. The van der Waals surface area contributed by atoms with Crippen molar-refractivity contribution in [2.75, 3.05) is 5.32 Å². The van der Waals surface area contributed by atoms with Gasteiger partial charge in [0.2, 0.25) is 5.89 Å². The number of fused-ring (bicyclic) bond motifs is 1. The van der Waals surface area contributed by atoms with Crippen LogP contribution in [0.1, 0.15) is 10.4 Å². The fraction of sp³-hybridized carbons (Fsp3) is 0. The van der Waals surface area contributed by atoms with Crippen LogP contribution in [0, 0.1) is 0 Å². The minimum Gasteiger partial charge on any atom is -0.436 e. The van der Waals surface area contributed by atoms with Gasteiger partial charge < -0.3 is 9.73 Å². The summed E-state index contributed by atoms with van der Waals surface area (Å²) in [5.41, 5.74) is 3.20. The molecule has 4 aromatic rings. The van der Waals surface area contributed by atoms with E-state index >= 15 is 0 Å². The minimum atomic E-state index is -0.383. The molecular formula is C21H13BrClN3O2S. The Bertz CT molecular complexity index is 1240. The SMILES string of the molecule is O=C(NC(=S)Nc1ccc2oc(-c3ccccc3Br)nc2c1)c1ccccc1Cl. The number of halogens is 2. The van der Waals surface area contributed by atoms with Gasteiger partial charge in [-0.05, 0) is 70.6 Å². The summed E-state index contributed by atoms with van der Waals surface area (Å²) in [5.74, 6) is 0.131. The molecule has 0 unspecified atom stereocenters. The topological polar surface area (TPSA) is 67.2 Å². The monoisotopic (exact) mass is 485 g/mol. The third-order valence-electron chi connectivity index (χ3n) is 4.10. The van der Waals surface area contributed by atoms with Gasteiger partial charge in [-0.2, -0.15) is 0 Å². The lowest BCUT2D eigenvalue weighted by Crippen LogP contribution is -2.34. The number of benzene rings is 3. The fourth-order valence-electron chi connectivity index (χ4n) is 2.73. The fourth-order valence-corrected chi connectivity index (χ4v) is 3.62. The van der Waals surface area contributed by atoms with Crippen LogP contribution in [0.5, 0.6) is 0 Å². The molecule has 1 amide bonds. The molecule has 0 radical (unpaired) electrons. The average Bonchev–Trinajstić information content (AvgIpc) is 3.11. The van der Waals surface area contributed by atoms with Crippen LogP contribution in [0.3, 0.4) is 0 Å².